The summed E-state index contributed by atoms with van der Waals surface area (Å²) in [5, 5.41) is 0. The quantitative estimate of drug-likeness (QED) is 0.770. The second kappa shape index (κ2) is 3.71. The van der Waals surface area contributed by atoms with Crippen LogP contribution >= 0.6 is 0 Å². The first-order chi connectivity index (χ1) is 9.04. The number of ether oxygens (including phenoxy) is 3. The molecule has 0 amide bonds. The van der Waals surface area contributed by atoms with Crippen molar-refractivity contribution in [1.29, 1.82) is 0 Å². The Bertz CT molecular complexity index is 709. The lowest BCUT2D eigenvalue weighted by Gasteiger charge is -2.02. The first kappa shape index (κ1) is 11.5. The summed E-state index contributed by atoms with van der Waals surface area (Å²) in [4.78, 5) is 34.2. The van der Waals surface area contributed by atoms with Gasteiger partial charge < -0.3 is 18.6 Å². The van der Waals surface area contributed by atoms with E-state index in [-0.39, 0.29) is 34.6 Å². The van der Waals surface area contributed by atoms with Gasteiger partial charge in [0, 0.05) is 6.92 Å². The van der Waals surface area contributed by atoms with Gasteiger partial charge in [-0.3, -0.25) is 4.79 Å². The number of fused-ring (bicyclic) bond motifs is 1. The van der Waals surface area contributed by atoms with Crippen LogP contribution in [0.4, 0.5) is 0 Å². The maximum atomic E-state index is 11.7. The SMILES string of the molecule is COC(=O)c1c2c3oc1c(COC(C)=O)c3OC2=O. The smallest absolute Gasteiger partial charge is 0.348 e. The zero-order valence-electron chi connectivity index (χ0n) is 10.1. The average Bonchev–Trinajstić information content (AvgIpc) is 2.96. The van der Waals surface area contributed by atoms with Gasteiger partial charge in [0.1, 0.15) is 17.7 Å². The minimum Gasteiger partial charge on any atom is -0.465 e. The maximum absolute atomic E-state index is 11.7. The predicted octanol–water partition coefficient (Wildman–Crippen LogP) is 1.25. The van der Waals surface area contributed by atoms with E-state index in [0.717, 1.165) is 0 Å². The normalized spacial score (nSPS) is 12.8. The van der Waals surface area contributed by atoms with E-state index in [9.17, 15) is 14.4 Å². The van der Waals surface area contributed by atoms with Crippen molar-refractivity contribution in [2.45, 2.75) is 13.5 Å². The maximum Gasteiger partial charge on any atom is 0.348 e. The van der Waals surface area contributed by atoms with Crippen LogP contribution in [-0.2, 0) is 20.9 Å². The molecule has 3 heterocycles. The fourth-order valence-electron chi connectivity index (χ4n) is 2.09. The Morgan fingerprint density at radius 1 is 1.26 bits per heavy atom. The average molecular weight is 264 g/mol. The minimum atomic E-state index is -0.696. The van der Waals surface area contributed by atoms with Crippen LogP contribution in [0.3, 0.4) is 0 Å². The van der Waals surface area contributed by atoms with E-state index in [0.29, 0.717) is 5.56 Å². The first-order valence-electron chi connectivity index (χ1n) is 5.39. The highest BCUT2D eigenvalue weighted by atomic mass is 16.6. The third kappa shape index (κ3) is 1.41. The van der Waals surface area contributed by atoms with Crippen molar-refractivity contribution in [1.82, 2.24) is 0 Å². The molecule has 0 unspecified atom stereocenters. The van der Waals surface area contributed by atoms with E-state index >= 15 is 0 Å². The highest BCUT2D eigenvalue weighted by Crippen LogP contribution is 2.47. The molecular formula is C12H8O7. The minimum absolute atomic E-state index is 0.0194. The molecule has 0 spiro atoms. The monoisotopic (exact) mass is 264 g/mol. The summed E-state index contributed by atoms with van der Waals surface area (Å²) in [6.07, 6.45) is 0. The molecule has 0 atom stereocenters. The lowest BCUT2D eigenvalue weighted by Crippen LogP contribution is -2.08. The summed E-state index contributed by atoms with van der Waals surface area (Å²) >= 11 is 0. The van der Waals surface area contributed by atoms with Crippen LogP contribution in [0.1, 0.15) is 33.2 Å². The number of hydrogen-bond donors (Lipinski definition) is 0. The largest absolute Gasteiger partial charge is 0.465 e. The van der Waals surface area contributed by atoms with Crippen molar-refractivity contribution in [3.63, 3.8) is 0 Å². The third-order valence-electron chi connectivity index (χ3n) is 2.87. The summed E-state index contributed by atoms with van der Waals surface area (Å²) in [7, 11) is 1.20. The number of benzene rings is 1. The molecule has 2 aromatic rings. The lowest BCUT2D eigenvalue weighted by atomic mass is 10.1. The Kier molecular flexibility index (Phi) is 2.25. The number of methoxy groups -OCH3 is 1. The summed E-state index contributed by atoms with van der Waals surface area (Å²) < 4.78 is 19.8. The molecule has 98 valence electrons. The highest BCUT2D eigenvalue weighted by Gasteiger charge is 2.42. The molecule has 7 heteroatoms. The van der Waals surface area contributed by atoms with E-state index < -0.39 is 17.9 Å². The fourth-order valence-corrected chi connectivity index (χ4v) is 2.09. The van der Waals surface area contributed by atoms with Gasteiger partial charge in [-0.2, -0.15) is 0 Å². The molecular weight excluding hydrogens is 256 g/mol. The van der Waals surface area contributed by atoms with Gasteiger partial charge in [-0.15, -0.1) is 0 Å². The summed E-state index contributed by atoms with van der Waals surface area (Å²) in [5.74, 6) is -1.64. The van der Waals surface area contributed by atoms with Gasteiger partial charge in [0.15, 0.2) is 16.9 Å². The Morgan fingerprint density at radius 2 is 2.00 bits per heavy atom. The molecule has 3 rings (SSSR count). The van der Waals surface area contributed by atoms with Crippen LogP contribution in [0.15, 0.2) is 4.42 Å². The molecule has 0 saturated heterocycles. The van der Waals surface area contributed by atoms with Crippen LogP contribution in [-0.4, -0.2) is 25.0 Å². The second-order valence-electron chi connectivity index (χ2n) is 3.98. The highest BCUT2D eigenvalue weighted by molar-refractivity contribution is 6.19. The van der Waals surface area contributed by atoms with Crippen molar-refractivity contribution < 1.29 is 33.0 Å². The molecule has 1 aliphatic heterocycles. The Morgan fingerprint density at radius 3 is 2.63 bits per heavy atom. The van der Waals surface area contributed by atoms with Gasteiger partial charge in [0.05, 0.1) is 12.7 Å². The number of hydrogen-bond acceptors (Lipinski definition) is 7. The topological polar surface area (TPSA) is 92.0 Å². The van der Waals surface area contributed by atoms with Crippen LogP contribution in [0.25, 0.3) is 11.2 Å². The Labute approximate surface area is 106 Å². The van der Waals surface area contributed by atoms with Crippen LogP contribution in [0.5, 0.6) is 5.75 Å². The Balaban J connectivity index is 2.14. The zero-order chi connectivity index (χ0) is 13.7. The number of carbonyl (C=O) groups is 3. The number of esters is 3. The molecule has 0 fully saturated rings. The fraction of sp³-hybridized carbons (Fsp3) is 0.250. The molecule has 7 nitrogen and oxygen atoms in total. The first-order valence-corrected chi connectivity index (χ1v) is 5.39. The summed E-state index contributed by atoms with van der Waals surface area (Å²) in [5.41, 5.74) is 0.816. The molecule has 0 aliphatic carbocycles. The van der Waals surface area contributed by atoms with Crippen molar-refractivity contribution >= 4 is 29.1 Å². The third-order valence-corrected chi connectivity index (χ3v) is 2.87. The van der Waals surface area contributed by atoms with Crippen LogP contribution in [0.2, 0.25) is 0 Å². The van der Waals surface area contributed by atoms with E-state index in [4.69, 9.17) is 13.9 Å². The molecule has 0 aromatic carbocycles. The zero-order valence-corrected chi connectivity index (χ0v) is 10.1. The van der Waals surface area contributed by atoms with Gasteiger partial charge in [0.2, 0.25) is 0 Å². The van der Waals surface area contributed by atoms with Crippen LogP contribution in [0, 0.1) is 0 Å². The molecule has 2 aromatic heterocycles. The van der Waals surface area contributed by atoms with Crippen molar-refractivity contribution in [3.05, 3.63) is 16.7 Å². The van der Waals surface area contributed by atoms with E-state index in [1.165, 1.54) is 14.0 Å². The van der Waals surface area contributed by atoms with Crippen molar-refractivity contribution in [2.75, 3.05) is 7.11 Å². The predicted molar refractivity (Wildman–Crippen MR) is 59.2 cm³/mol. The summed E-state index contributed by atoms with van der Waals surface area (Å²) in [6.45, 7) is 1.12. The molecule has 0 radical (unpaired) electrons. The number of rotatable bonds is 3. The van der Waals surface area contributed by atoms with Crippen molar-refractivity contribution in [3.8, 4) is 5.75 Å². The van der Waals surface area contributed by atoms with Gasteiger partial charge in [0.25, 0.3) is 0 Å². The number of furan rings is 2. The van der Waals surface area contributed by atoms with E-state index in [1.807, 2.05) is 0 Å². The Hall–Kier alpha value is -2.57. The standard InChI is InChI=1S/C12H8O7/c1-4(13)17-3-5-8-6(11(14)16-2)7-10(18-8)9(5)19-12(7)15/h3H2,1-2H3. The molecule has 0 N–H and O–H groups in total. The lowest BCUT2D eigenvalue weighted by molar-refractivity contribution is -0.142. The van der Waals surface area contributed by atoms with Gasteiger partial charge in [-0.25, -0.2) is 9.59 Å². The molecule has 0 saturated carbocycles. The van der Waals surface area contributed by atoms with Gasteiger partial charge in [-0.1, -0.05) is 0 Å². The van der Waals surface area contributed by atoms with E-state index in [2.05, 4.69) is 4.74 Å². The second-order valence-corrected chi connectivity index (χ2v) is 3.98. The van der Waals surface area contributed by atoms with Crippen LogP contribution < -0.4 is 4.74 Å². The van der Waals surface area contributed by atoms with Gasteiger partial charge in [-0.05, 0) is 0 Å². The van der Waals surface area contributed by atoms with Gasteiger partial charge >= 0.3 is 17.9 Å². The molecule has 1 aliphatic rings. The number of carbonyl (C=O) groups excluding carboxylic acids is 3. The van der Waals surface area contributed by atoms with E-state index in [1.54, 1.807) is 0 Å². The van der Waals surface area contributed by atoms with Crippen molar-refractivity contribution in [2.24, 2.45) is 0 Å². The molecule has 2 bridgehead atoms. The molecule has 19 heavy (non-hydrogen) atoms. The summed E-state index contributed by atoms with van der Waals surface area (Å²) in [6, 6.07) is 0.